The molecule has 0 fully saturated rings. The van der Waals surface area contributed by atoms with Gasteiger partial charge in [0.15, 0.2) is 4.96 Å². The number of thiazole rings is 1. The number of halogens is 1. The number of hydrogen-bond acceptors (Lipinski definition) is 4. The number of nitriles is 1. The summed E-state index contributed by atoms with van der Waals surface area (Å²) in [6.45, 7) is 0. The Morgan fingerprint density at radius 1 is 1.42 bits per heavy atom. The van der Waals surface area contributed by atoms with Gasteiger partial charge in [0.1, 0.15) is 17.5 Å². The maximum atomic E-state index is 9.04. The molecule has 0 aliphatic rings. The van der Waals surface area contributed by atoms with Crippen molar-refractivity contribution >= 4 is 27.9 Å². The van der Waals surface area contributed by atoms with Gasteiger partial charge in [-0.3, -0.25) is 4.40 Å². The summed E-state index contributed by atoms with van der Waals surface area (Å²) in [5.74, 6) is 1.23. The molecule has 19 heavy (non-hydrogen) atoms. The standard InChI is InChI=1S/C13H8ClN3OS/c14-7-10-12(16-13-17(10)5-6-19-13)18-11-4-2-1-3-9(11)8-15/h1-6H,7H2. The van der Waals surface area contributed by atoms with Crippen molar-refractivity contribution in [3.05, 3.63) is 47.1 Å². The van der Waals surface area contributed by atoms with E-state index in [-0.39, 0.29) is 0 Å². The van der Waals surface area contributed by atoms with Gasteiger partial charge in [-0.15, -0.1) is 22.9 Å². The highest BCUT2D eigenvalue weighted by atomic mass is 35.5. The number of para-hydroxylation sites is 1. The molecule has 0 bridgehead atoms. The molecule has 0 radical (unpaired) electrons. The van der Waals surface area contributed by atoms with Gasteiger partial charge in [0.25, 0.3) is 0 Å². The maximum Gasteiger partial charge on any atom is 0.243 e. The van der Waals surface area contributed by atoms with Crippen LogP contribution in [0.25, 0.3) is 4.96 Å². The van der Waals surface area contributed by atoms with Gasteiger partial charge in [-0.05, 0) is 12.1 Å². The van der Waals surface area contributed by atoms with Crippen molar-refractivity contribution < 1.29 is 4.74 Å². The molecule has 0 atom stereocenters. The summed E-state index contributed by atoms with van der Waals surface area (Å²) >= 11 is 7.45. The van der Waals surface area contributed by atoms with Crippen LogP contribution in [0.1, 0.15) is 11.3 Å². The molecule has 0 saturated heterocycles. The van der Waals surface area contributed by atoms with Gasteiger partial charge in [0.05, 0.1) is 11.4 Å². The Hall–Kier alpha value is -2.03. The minimum Gasteiger partial charge on any atom is -0.436 e. The molecule has 0 aliphatic heterocycles. The van der Waals surface area contributed by atoms with Gasteiger partial charge in [-0.1, -0.05) is 12.1 Å². The molecule has 0 N–H and O–H groups in total. The number of nitrogens with zero attached hydrogens (tertiary/aromatic N) is 3. The molecule has 0 aliphatic carbocycles. The minimum absolute atomic E-state index is 0.294. The van der Waals surface area contributed by atoms with Gasteiger partial charge in [0.2, 0.25) is 5.88 Å². The fraction of sp³-hybridized carbons (Fsp3) is 0.0769. The summed E-state index contributed by atoms with van der Waals surface area (Å²) in [6, 6.07) is 9.14. The van der Waals surface area contributed by atoms with Gasteiger partial charge < -0.3 is 4.74 Å². The number of fused-ring (bicyclic) bond motifs is 1. The zero-order valence-electron chi connectivity index (χ0n) is 9.71. The molecule has 0 amide bonds. The first-order valence-corrected chi connectivity index (χ1v) is 6.92. The first-order chi connectivity index (χ1) is 9.33. The molecule has 94 valence electrons. The lowest BCUT2D eigenvalue weighted by Crippen LogP contribution is -1.92. The maximum absolute atomic E-state index is 9.04. The Kier molecular flexibility index (Phi) is 3.11. The molecule has 0 saturated carbocycles. The van der Waals surface area contributed by atoms with Crippen LogP contribution in [0.5, 0.6) is 11.6 Å². The molecule has 1 aromatic carbocycles. The van der Waals surface area contributed by atoms with E-state index in [2.05, 4.69) is 11.1 Å². The average molecular weight is 290 g/mol. The summed E-state index contributed by atoms with van der Waals surface area (Å²) in [4.78, 5) is 5.20. The largest absolute Gasteiger partial charge is 0.436 e. The first-order valence-electron chi connectivity index (χ1n) is 5.51. The third-order valence-electron chi connectivity index (χ3n) is 2.67. The fourth-order valence-corrected chi connectivity index (χ4v) is 2.74. The number of benzene rings is 1. The molecule has 2 heterocycles. The number of rotatable bonds is 3. The summed E-state index contributed by atoms with van der Waals surface area (Å²) in [6.07, 6.45) is 1.90. The van der Waals surface area contributed by atoms with Crippen molar-refractivity contribution in [1.29, 1.82) is 5.26 Å². The zero-order chi connectivity index (χ0) is 13.2. The topological polar surface area (TPSA) is 50.3 Å². The first kappa shape index (κ1) is 12.0. The lowest BCUT2D eigenvalue weighted by molar-refractivity contribution is 0.460. The Labute approximate surface area is 118 Å². The Balaban J connectivity index is 2.06. The molecular weight excluding hydrogens is 282 g/mol. The van der Waals surface area contributed by atoms with Crippen LogP contribution in [0.3, 0.4) is 0 Å². The smallest absolute Gasteiger partial charge is 0.243 e. The van der Waals surface area contributed by atoms with Crippen LogP contribution < -0.4 is 4.74 Å². The number of hydrogen-bond donors (Lipinski definition) is 0. The van der Waals surface area contributed by atoms with E-state index in [4.69, 9.17) is 21.6 Å². The molecule has 0 spiro atoms. The number of ether oxygens (including phenoxy) is 1. The highest BCUT2D eigenvalue weighted by molar-refractivity contribution is 7.15. The van der Waals surface area contributed by atoms with Gasteiger partial charge >= 0.3 is 0 Å². The number of alkyl halides is 1. The summed E-state index contributed by atoms with van der Waals surface area (Å²) in [7, 11) is 0. The van der Waals surface area contributed by atoms with Crippen molar-refractivity contribution in [3.8, 4) is 17.7 Å². The average Bonchev–Trinajstić information content (AvgIpc) is 2.99. The van der Waals surface area contributed by atoms with Gasteiger partial charge in [-0.2, -0.15) is 10.2 Å². The van der Waals surface area contributed by atoms with Crippen molar-refractivity contribution in [2.75, 3.05) is 0 Å². The zero-order valence-corrected chi connectivity index (χ0v) is 11.3. The Morgan fingerprint density at radius 2 is 2.26 bits per heavy atom. The van der Waals surface area contributed by atoms with Crippen LogP contribution in [-0.2, 0) is 5.88 Å². The van der Waals surface area contributed by atoms with Crippen LogP contribution in [0.2, 0.25) is 0 Å². The van der Waals surface area contributed by atoms with E-state index >= 15 is 0 Å². The van der Waals surface area contributed by atoms with Crippen molar-refractivity contribution in [1.82, 2.24) is 9.38 Å². The Morgan fingerprint density at radius 3 is 3.05 bits per heavy atom. The van der Waals surface area contributed by atoms with Crippen molar-refractivity contribution in [2.24, 2.45) is 0 Å². The van der Waals surface area contributed by atoms with Crippen LogP contribution in [0.4, 0.5) is 0 Å². The molecule has 6 heteroatoms. The fourth-order valence-electron chi connectivity index (χ4n) is 1.77. The molecule has 2 aromatic heterocycles. The minimum atomic E-state index is 0.294. The van der Waals surface area contributed by atoms with Crippen molar-refractivity contribution in [3.63, 3.8) is 0 Å². The van der Waals surface area contributed by atoms with E-state index in [1.165, 1.54) is 11.3 Å². The van der Waals surface area contributed by atoms with Crippen LogP contribution in [0, 0.1) is 11.3 Å². The normalized spacial score (nSPS) is 10.5. The highest BCUT2D eigenvalue weighted by Crippen LogP contribution is 2.30. The molecule has 3 rings (SSSR count). The van der Waals surface area contributed by atoms with E-state index in [1.807, 2.05) is 22.0 Å². The van der Waals surface area contributed by atoms with Crippen LogP contribution >= 0.6 is 22.9 Å². The van der Waals surface area contributed by atoms with Crippen LogP contribution in [0.15, 0.2) is 35.8 Å². The lowest BCUT2D eigenvalue weighted by Gasteiger charge is -2.05. The Bertz CT molecular complexity index is 772. The van der Waals surface area contributed by atoms with Crippen molar-refractivity contribution in [2.45, 2.75) is 5.88 Å². The quantitative estimate of drug-likeness (QED) is 0.689. The second-order valence-electron chi connectivity index (χ2n) is 3.76. The summed E-state index contributed by atoms with van der Waals surface area (Å²) < 4.78 is 7.62. The second kappa shape index (κ2) is 4.92. The monoisotopic (exact) mass is 289 g/mol. The van der Waals surface area contributed by atoms with E-state index < -0.39 is 0 Å². The molecular formula is C13H8ClN3OS. The van der Waals surface area contributed by atoms with Gasteiger partial charge in [-0.25, -0.2) is 0 Å². The predicted molar refractivity (Wildman–Crippen MR) is 73.9 cm³/mol. The second-order valence-corrected chi connectivity index (χ2v) is 4.90. The SMILES string of the molecule is N#Cc1ccccc1Oc1nc2sccn2c1CCl. The van der Waals surface area contributed by atoms with E-state index in [9.17, 15) is 0 Å². The third kappa shape index (κ3) is 2.05. The van der Waals surface area contributed by atoms with E-state index in [1.54, 1.807) is 18.2 Å². The molecule has 0 unspecified atom stereocenters. The van der Waals surface area contributed by atoms with E-state index in [0.717, 1.165) is 10.7 Å². The van der Waals surface area contributed by atoms with Crippen LogP contribution in [-0.4, -0.2) is 9.38 Å². The number of aromatic nitrogens is 2. The predicted octanol–water partition coefficient (Wildman–Crippen LogP) is 3.80. The van der Waals surface area contributed by atoms with E-state index in [0.29, 0.717) is 23.1 Å². The number of imidazole rings is 1. The highest BCUT2D eigenvalue weighted by Gasteiger charge is 2.15. The third-order valence-corrected chi connectivity index (χ3v) is 3.67. The summed E-state index contributed by atoms with van der Waals surface area (Å²) in [5.41, 5.74) is 1.25. The lowest BCUT2D eigenvalue weighted by atomic mass is 10.2. The molecule has 3 aromatic rings. The molecule has 4 nitrogen and oxygen atoms in total. The summed E-state index contributed by atoms with van der Waals surface area (Å²) in [5, 5.41) is 11.0. The van der Waals surface area contributed by atoms with Gasteiger partial charge in [0, 0.05) is 11.6 Å².